The molecule has 0 bridgehead atoms. The number of halogens is 3. The molecule has 7 heteroatoms. The molecule has 1 aliphatic heterocycles. The topological polar surface area (TPSA) is 61.4 Å². The molecule has 0 spiro atoms. The van der Waals surface area contributed by atoms with Crippen molar-refractivity contribution in [1.29, 1.82) is 0 Å². The van der Waals surface area contributed by atoms with Gasteiger partial charge in [-0.2, -0.15) is 0 Å². The van der Waals surface area contributed by atoms with Crippen LogP contribution in [0.5, 0.6) is 0 Å². The Bertz CT molecular complexity index is 467. The van der Waals surface area contributed by atoms with E-state index in [2.05, 4.69) is 10.6 Å². The minimum Gasteiger partial charge on any atom is -0.387 e. The van der Waals surface area contributed by atoms with E-state index >= 15 is 0 Å². The van der Waals surface area contributed by atoms with E-state index in [1.807, 2.05) is 0 Å². The minimum atomic E-state index is -1.87. The molecule has 2 unspecified atom stereocenters. The first kappa shape index (κ1) is 17.2. The Morgan fingerprint density at radius 3 is 2.85 bits per heavy atom. The van der Waals surface area contributed by atoms with Crippen molar-refractivity contribution in [2.45, 2.75) is 18.2 Å². The summed E-state index contributed by atoms with van der Waals surface area (Å²) in [7, 11) is 0. The Balaban J connectivity index is 0.00000200. The fraction of sp³-hybridized carbons (Fsp3) is 0.462. The number of rotatable bonds is 4. The molecule has 1 aliphatic rings. The average Bonchev–Trinajstić information content (AvgIpc) is 2.84. The second kappa shape index (κ2) is 7.22. The lowest BCUT2D eigenvalue weighted by Crippen LogP contribution is -2.46. The van der Waals surface area contributed by atoms with Crippen LogP contribution in [0.15, 0.2) is 24.3 Å². The molecule has 20 heavy (non-hydrogen) atoms. The lowest BCUT2D eigenvalue weighted by molar-refractivity contribution is -0.132. The van der Waals surface area contributed by atoms with Crippen LogP contribution >= 0.6 is 24.0 Å². The minimum absolute atomic E-state index is 0. The van der Waals surface area contributed by atoms with Crippen molar-refractivity contribution in [2.75, 3.05) is 19.6 Å². The van der Waals surface area contributed by atoms with E-state index in [0.717, 1.165) is 0 Å². The van der Waals surface area contributed by atoms with Crippen molar-refractivity contribution in [3.05, 3.63) is 34.9 Å². The van der Waals surface area contributed by atoms with Crippen molar-refractivity contribution in [1.82, 2.24) is 10.6 Å². The largest absolute Gasteiger partial charge is 0.387 e. The first-order chi connectivity index (χ1) is 9.03. The van der Waals surface area contributed by atoms with Crippen molar-refractivity contribution in [2.24, 2.45) is 0 Å². The average molecular weight is 323 g/mol. The van der Waals surface area contributed by atoms with Gasteiger partial charge in [0.2, 0.25) is 5.67 Å². The molecular formula is C13H17Cl2FN2O2. The van der Waals surface area contributed by atoms with Crippen molar-refractivity contribution in [3.63, 3.8) is 0 Å². The van der Waals surface area contributed by atoms with Gasteiger partial charge in [0.05, 0.1) is 6.10 Å². The van der Waals surface area contributed by atoms with Gasteiger partial charge in [-0.25, -0.2) is 4.39 Å². The number of aliphatic hydroxyl groups excluding tert-OH is 1. The number of nitrogens with one attached hydrogen (secondary N) is 2. The summed E-state index contributed by atoms with van der Waals surface area (Å²) in [5.74, 6) is -0.691. The second-order valence-electron chi connectivity index (χ2n) is 4.64. The van der Waals surface area contributed by atoms with E-state index in [-0.39, 0.29) is 31.9 Å². The molecule has 1 amide bonds. The molecule has 1 fully saturated rings. The monoisotopic (exact) mass is 322 g/mol. The zero-order chi connectivity index (χ0) is 13.9. The molecular weight excluding hydrogens is 306 g/mol. The fourth-order valence-corrected chi connectivity index (χ4v) is 2.32. The van der Waals surface area contributed by atoms with Gasteiger partial charge in [0.25, 0.3) is 5.91 Å². The maximum atomic E-state index is 14.1. The highest BCUT2D eigenvalue weighted by molar-refractivity contribution is 6.31. The van der Waals surface area contributed by atoms with Gasteiger partial charge >= 0.3 is 0 Å². The third kappa shape index (κ3) is 3.82. The quantitative estimate of drug-likeness (QED) is 0.789. The number of carbonyl (C=O) groups excluding carboxylic acids is 1. The molecule has 1 aromatic carbocycles. The first-order valence-electron chi connectivity index (χ1n) is 6.13. The molecule has 1 saturated heterocycles. The molecule has 3 N–H and O–H groups in total. The molecule has 2 atom stereocenters. The Morgan fingerprint density at radius 1 is 1.55 bits per heavy atom. The Hall–Kier alpha value is -0.880. The number of aliphatic hydroxyl groups is 1. The van der Waals surface area contributed by atoms with Crippen LogP contribution in [0, 0.1) is 0 Å². The lowest BCUT2D eigenvalue weighted by Gasteiger charge is -2.19. The van der Waals surface area contributed by atoms with Crippen LogP contribution in [-0.2, 0) is 4.79 Å². The Labute approximate surface area is 128 Å². The van der Waals surface area contributed by atoms with Crippen molar-refractivity contribution >= 4 is 29.9 Å². The third-order valence-corrected chi connectivity index (χ3v) is 3.57. The molecule has 1 aromatic rings. The van der Waals surface area contributed by atoms with Gasteiger partial charge < -0.3 is 15.7 Å². The molecule has 0 radical (unpaired) electrons. The summed E-state index contributed by atoms with van der Waals surface area (Å²) in [4.78, 5) is 11.7. The van der Waals surface area contributed by atoms with Gasteiger partial charge in [0.15, 0.2) is 0 Å². The van der Waals surface area contributed by atoms with Gasteiger partial charge in [-0.3, -0.25) is 4.79 Å². The molecule has 0 aliphatic carbocycles. The smallest absolute Gasteiger partial charge is 0.259 e. The van der Waals surface area contributed by atoms with Gasteiger partial charge in [0.1, 0.15) is 0 Å². The van der Waals surface area contributed by atoms with E-state index in [0.29, 0.717) is 17.1 Å². The van der Waals surface area contributed by atoms with Crippen LogP contribution in [0.25, 0.3) is 0 Å². The fourth-order valence-electron chi connectivity index (χ4n) is 2.06. The van der Waals surface area contributed by atoms with Crippen LogP contribution in [0.4, 0.5) is 4.39 Å². The summed E-state index contributed by atoms with van der Waals surface area (Å²) in [6.07, 6.45) is -0.795. The molecule has 0 saturated carbocycles. The lowest BCUT2D eigenvalue weighted by atomic mass is 10.0. The summed E-state index contributed by atoms with van der Waals surface area (Å²) < 4.78 is 14.1. The molecule has 0 aromatic heterocycles. The van der Waals surface area contributed by atoms with Gasteiger partial charge in [0, 0.05) is 30.1 Å². The van der Waals surface area contributed by atoms with Gasteiger partial charge in [-0.05, 0) is 12.6 Å². The summed E-state index contributed by atoms with van der Waals surface area (Å²) in [6, 6.07) is 6.81. The highest BCUT2D eigenvalue weighted by Crippen LogP contribution is 2.23. The van der Waals surface area contributed by atoms with Crippen LogP contribution in [-0.4, -0.2) is 36.3 Å². The van der Waals surface area contributed by atoms with Crippen molar-refractivity contribution in [3.8, 4) is 0 Å². The van der Waals surface area contributed by atoms with E-state index < -0.39 is 17.7 Å². The predicted molar refractivity (Wildman–Crippen MR) is 78.0 cm³/mol. The van der Waals surface area contributed by atoms with Crippen LogP contribution in [0.3, 0.4) is 0 Å². The molecule has 2 rings (SSSR count). The molecule has 1 heterocycles. The van der Waals surface area contributed by atoms with E-state index in [1.165, 1.54) is 0 Å². The van der Waals surface area contributed by atoms with E-state index in [1.54, 1.807) is 24.3 Å². The number of alkyl halides is 1. The van der Waals surface area contributed by atoms with Crippen LogP contribution in [0.2, 0.25) is 5.02 Å². The number of carbonyl (C=O) groups is 1. The highest BCUT2D eigenvalue weighted by atomic mass is 35.5. The predicted octanol–water partition coefficient (Wildman–Crippen LogP) is 1.61. The summed E-state index contributed by atoms with van der Waals surface area (Å²) >= 11 is 5.93. The highest BCUT2D eigenvalue weighted by Gasteiger charge is 2.41. The SMILES string of the molecule is Cl.O=C(NCC(O)c1ccccc1Cl)C1(F)CCNC1. The maximum absolute atomic E-state index is 14.1. The Morgan fingerprint density at radius 2 is 2.25 bits per heavy atom. The van der Waals surface area contributed by atoms with E-state index in [4.69, 9.17) is 11.6 Å². The van der Waals surface area contributed by atoms with Gasteiger partial charge in [-0.1, -0.05) is 29.8 Å². The number of hydrogen-bond acceptors (Lipinski definition) is 3. The zero-order valence-corrected chi connectivity index (χ0v) is 12.3. The van der Waals surface area contributed by atoms with Crippen LogP contribution in [0.1, 0.15) is 18.1 Å². The van der Waals surface area contributed by atoms with E-state index in [9.17, 15) is 14.3 Å². The maximum Gasteiger partial charge on any atom is 0.259 e. The number of hydrogen-bond donors (Lipinski definition) is 3. The Kier molecular flexibility index (Phi) is 6.20. The summed E-state index contributed by atoms with van der Waals surface area (Å²) in [6.45, 7) is 0.437. The second-order valence-corrected chi connectivity index (χ2v) is 5.05. The van der Waals surface area contributed by atoms with Crippen molar-refractivity contribution < 1.29 is 14.3 Å². The molecule has 112 valence electrons. The zero-order valence-electron chi connectivity index (χ0n) is 10.7. The number of amides is 1. The third-order valence-electron chi connectivity index (χ3n) is 3.23. The first-order valence-corrected chi connectivity index (χ1v) is 6.51. The molecule has 4 nitrogen and oxygen atoms in total. The normalized spacial score (nSPS) is 22.9. The summed E-state index contributed by atoms with van der Waals surface area (Å²) in [5.41, 5.74) is -1.36. The number of benzene rings is 1. The van der Waals surface area contributed by atoms with Crippen LogP contribution < -0.4 is 10.6 Å². The standard InChI is InChI=1S/C13H16ClFN2O2.ClH/c14-10-4-2-1-3-9(10)11(18)7-17-12(19)13(15)5-6-16-8-13;/h1-4,11,16,18H,5-8H2,(H,17,19);1H. The van der Waals surface area contributed by atoms with Gasteiger partial charge in [-0.15, -0.1) is 12.4 Å². The summed E-state index contributed by atoms with van der Waals surface area (Å²) in [5, 5.41) is 15.6.